The summed E-state index contributed by atoms with van der Waals surface area (Å²) in [5.74, 6) is -0.690. The van der Waals surface area contributed by atoms with Crippen LogP contribution in [0.4, 0.5) is 13.2 Å². The van der Waals surface area contributed by atoms with Gasteiger partial charge < -0.3 is 4.52 Å². The smallest absolute Gasteiger partial charge is 0.321 e. The largest absolute Gasteiger partial charge is 0.460 e. The summed E-state index contributed by atoms with van der Waals surface area (Å²) in [4.78, 5) is 22.3. The molecule has 6 nitrogen and oxygen atoms in total. The summed E-state index contributed by atoms with van der Waals surface area (Å²) >= 11 is 0. The zero-order valence-corrected chi connectivity index (χ0v) is 10.8. The lowest BCUT2D eigenvalue weighted by Gasteiger charge is -2.07. The minimum atomic E-state index is -4.39. The summed E-state index contributed by atoms with van der Waals surface area (Å²) in [6, 6.07) is 6.03. The number of aromatic amines is 1. The Labute approximate surface area is 120 Å². The highest BCUT2D eigenvalue weighted by Crippen LogP contribution is 2.30. The van der Waals surface area contributed by atoms with Gasteiger partial charge in [0.2, 0.25) is 0 Å². The first kappa shape index (κ1) is 14.0. The summed E-state index contributed by atoms with van der Waals surface area (Å²) < 4.78 is 42.0. The van der Waals surface area contributed by atoms with Crippen molar-refractivity contribution in [2.75, 3.05) is 0 Å². The fourth-order valence-electron chi connectivity index (χ4n) is 1.81. The van der Waals surface area contributed by atoms with Gasteiger partial charge in [-0.05, 0) is 18.2 Å². The first-order chi connectivity index (χ1) is 10.4. The monoisotopic (exact) mass is 308 g/mol. The van der Waals surface area contributed by atoms with E-state index in [0.29, 0.717) is 11.3 Å². The Hall–Kier alpha value is -2.97. The van der Waals surface area contributed by atoms with E-state index in [4.69, 9.17) is 0 Å². The average molecular weight is 308 g/mol. The van der Waals surface area contributed by atoms with Gasteiger partial charge >= 0.3 is 11.9 Å². The van der Waals surface area contributed by atoms with Crippen molar-refractivity contribution in [1.82, 2.24) is 20.1 Å². The van der Waals surface area contributed by atoms with Gasteiger partial charge in [0, 0.05) is 5.56 Å². The molecule has 0 fully saturated rings. The standard InChI is InChI=1S/C13H7F3N4O2/c14-13(15,16)8-3-1-7(2-4-8)9-5-10(18-6-17-9)11-19-12(21)22-20-11/h1-6H,(H,19,20,21). The van der Waals surface area contributed by atoms with Gasteiger partial charge in [0.1, 0.15) is 12.0 Å². The lowest BCUT2D eigenvalue weighted by Crippen LogP contribution is -2.04. The zero-order valence-electron chi connectivity index (χ0n) is 10.8. The number of hydrogen-bond acceptors (Lipinski definition) is 5. The van der Waals surface area contributed by atoms with Crippen LogP contribution in [-0.2, 0) is 6.18 Å². The molecule has 2 heterocycles. The Kier molecular flexibility index (Phi) is 3.24. The highest BCUT2D eigenvalue weighted by Gasteiger charge is 2.30. The summed E-state index contributed by atoms with van der Waals surface area (Å²) in [5.41, 5.74) is 0.409. The molecule has 0 radical (unpaired) electrons. The van der Waals surface area contributed by atoms with Gasteiger partial charge in [-0.15, -0.1) is 0 Å². The molecule has 0 unspecified atom stereocenters. The van der Waals surface area contributed by atoms with Crippen LogP contribution in [-0.4, -0.2) is 20.1 Å². The molecule has 1 aromatic carbocycles. The summed E-state index contributed by atoms with van der Waals surface area (Å²) in [5, 5.41) is 2.29. The molecule has 0 bridgehead atoms. The molecule has 0 atom stereocenters. The van der Waals surface area contributed by atoms with Crippen LogP contribution in [0.5, 0.6) is 0 Å². The molecule has 0 saturated carbocycles. The summed E-state index contributed by atoms with van der Waals surface area (Å²) in [6.07, 6.45) is -3.18. The molecular weight excluding hydrogens is 301 g/mol. The molecule has 3 aromatic rings. The number of alkyl halides is 3. The number of halogens is 3. The van der Waals surface area contributed by atoms with Crippen LogP contribution >= 0.6 is 0 Å². The maximum absolute atomic E-state index is 12.5. The van der Waals surface area contributed by atoms with Gasteiger partial charge in [-0.3, -0.25) is 0 Å². The second-order valence-electron chi connectivity index (χ2n) is 4.29. The summed E-state index contributed by atoms with van der Waals surface area (Å²) in [6.45, 7) is 0. The van der Waals surface area contributed by atoms with Crippen LogP contribution in [0, 0.1) is 0 Å². The molecule has 0 saturated heterocycles. The van der Waals surface area contributed by atoms with Crippen LogP contribution in [0.3, 0.4) is 0 Å². The van der Waals surface area contributed by atoms with Gasteiger partial charge in [0.05, 0.1) is 11.3 Å². The average Bonchev–Trinajstić information content (AvgIpc) is 2.93. The second-order valence-corrected chi connectivity index (χ2v) is 4.29. The first-order valence-electron chi connectivity index (χ1n) is 5.99. The molecule has 9 heteroatoms. The van der Waals surface area contributed by atoms with Crippen molar-refractivity contribution in [3.8, 4) is 22.8 Å². The van der Waals surface area contributed by atoms with Crippen LogP contribution in [0.2, 0.25) is 0 Å². The predicted molar refractivity (Wildman–Crippen MR) is 68.6 cm³/mol. The fourth-order valence-corrected chi connectivity index (χ4v) is 1.81. The van der Waals surface area contributed by atoms with Crippen molar-refractivity contribution >= 4 is 0 Å². The molecule has 0 aliphatic carbocycles. The minimum Gasteiger partial charge on any atom is -0.321 e. The Morgan fingerprint density at radius 3 is 2.32 bits per heavy atom. The fraction of sp³-hybridized carbons (Fsp3) is 0.0769. The van der Waals surface area contributed by atoms with Crippen molar-refractivity contribution < 1.29 is 17.7 Å². The molecule has 0 aliphatic heterocycles. The van der Waals surface area contributed by atoms with Gasteiger partial charge in [0.15, 0.2) is 5.82 Å². The van der Waals surface area contributed by atoms with Crippen molar-refractivity contribution in [2.24, 2.45) is 0 Å². The van der Waals surface area contributed by atoms with E-state index in [1.54, 1.807) is 0 Å². The number of hydrogen-bond donors (Lipinski definition) is 1. The molecule has 1 N–H and O–H groups in total. The number of benzene rings is 1. The van der Waals surface area contributed by atoms with Gasteiger partial charge in [0.25, 0.3) is 0 Å². The quantitative estimate of drug-likeness (QED) is 0.786. The lowest BCUT2D eigenvalue weighted by atomic mass is 10.1. The van der Waals surface area contributed by atoms with Crippen LogP contribution in [0.25, 0.3) is 22.8 Å². The molecule has 0 amide bonds. The first-order valence-corrected chi connectivity index (χ1v) is 5.99. The molecule has 3 rings (SSSR count). The van der Waals surface area contributed by atoms with E-state index >= 15 is 0 Å². The topological polar surface area (TPSA) is 84.7 Å². The van der Waals surface area contributed by atoms with E-state index in [1.807, 2.05) is 0 Å². The molecule has 2 aromatic heterocycles. The predicted octanol–water partition coefficient (Wildman–Crippen LogP) is 2.51. The van der Waals surface area contributed by atoms with Crippen LogP contribution in [0.1, 0.15) is 5.56 Å². The number of nitrogens with zero attached hydrogens (tertiary/aromatic N) is 3. The highest BCUT2D eigenvalue weighted by molar-refractivity contribution is 5.64. The number of aromatic nitrogens is 4. The highest BCUT2D eigenvalue weighted by atomic mass is 19.4. The molecule has 112 valence electrons. The molecule has 22 heavy (non-hydrogen) atoms. The summed E-state index contributed by atoms with van der Waals surface area (Å²) in [7, 11) is 0. The third-order valence-corrected chi connectivity index (χ3v) is 2.86. The van der Waals surface area contributed by atoms with Gasteiger partial charge in [-0.2, -0.15) is 23.3 Å². The van der Waals surface area contributed by atoms with E-state index in [9.17, 15) is 18.0 Å². The van der Waals surface area contributed by atoms with Crippen molar-refractivity contribution in [2.45, 2.75) is 6.18 Å². The number of nitrogens with one attached hydrogen (secondary N) is 1. The van der Waals surface area contributed by atoms with Crippen LogP contribution in [0.15, 0.2) is 46.0 Å². The van der Waals surface area contributed by atoms with E-state index in [2.05, 4.69) is 24.6 Å². The van der Waals surface area contributed by atoms with Crippen molar-refractivity contribution in [3.05, 3.63) is 52.8 Å². The Balaban J connectivity index is 1.97. The van der Waals surface area contributed by atoms with Gasteiger partial charge in [-0.1, -0.05) is 12.1 Å². The minimum absolute atomic E-state index is 0.112. The third-order valence-electron chi connectivity index (χ3n) is 2.86. The van der Waals surface area contributed by atoms with Crippen molar-refractivity contribution in [3.63, 3.8) is 0 Å². The van der Waals surface area contributed by atoms with E-state index < -0.39 is 17.5 Å². The number of H-pyrrole nitrogens is 1. The SMILES string of the molecule is O=c1nc(-c2cc(-c3ccc(C(F)(F)F)cc3)ncn2)[nH]o1. The second kappa shape index (κ2) is 5.10. The molecular formula is C13H7F3N4O2. The lowest BCUT2D eigenvalue weighted by molar-refractivity contribution is -0.137. The molecule has 0 spiro atoms. The third kappa shape index (κ3) is 2.73. The van der Waals surface area contributed by atoms with Crippen LogP contribution < -0.4 is 5.76 Å². The Bertz CT molecular complexity index is 852. The van der Waals surface area contributed by atoms with Gasteiger partial charge in [-0.25, -0.2) is 14.8 Å². The Morgan fingerprint density at radius 1 is 1.05 bits per heavy atom. The maximum atomic E-state index is 12.5. The zero-order chi connectivity index (χ0) is 15.7. The molecule has 0 aliphatic rings. The Morgan fingerprint density at radius 2 is 1.73 bits per heavy atom. The van der Waals surface area contributed by atoms with E-state index in [1.165, 1.54) is 24.5 Å². The maximum Gasteiger partial charge on any atom is 0.460 e. The van der Waals surface area contributed by atoms with Crippen molar-refractivity contribution in [1.29, 1.82) is 0 Å². The van der Waals surface area contributed by atoms with E-state index in [-0.39, 0.29) is 11.5 Å². The number of rotatable bonds is 2. The van der Waals surface area contributed by atoms with E-state index in [0.717, 1.165) is 12.1 Å². The normalized spacial score (nSPS) is 11.6.